The third-order valence-corrected chi connectivity index (χ3v) is 3.09. The molecule has 0 saturated carbocycles. The molecule has 0 aromatic rings. The second-order valence-electron chi connectivity index (χ2n) is 4.92. The second-order valence-corrected chi connectivity index (χ2v) is 4.92. The van der Waals surface area contributed by atoms with Crippen molar-refractivity contribution >= 4 is 5.97 Å². The molecule has 0 fully saturated rings. The van der Waals surface area contributed by atoms with Crippen molar-refractivity contribution in [2.45, 2.75) is 39.5 Å². The topological polar surface area (TPSA) is 26.3 Å². The maximum Gasteiger partial charge on any atom is 0.337 e. The molecule has 0 spiro atoms. The van der Waals surface area contributed by atoms with Gasteiger partial charge in [0.25, 0.3) is 0 Å². The van der Waals surface area contributed by atoms with Gasteiger partial charge in [-0.25, -0.2) is 4.79 Å². The number of unbranched alkanes of at least 4 members (excludes halogenated alkanes) is 2. The minimum Gasteiger partial charge on any atom is -0.465 e. The summed E-state index contributed by atoms with van der Waals surface area (Å²) in [4.78, 5) is 11.7. The normalized spacial score (nSPS) is 12.9. The van der Waals surface area contributed by atoms with Crippen LogP contribution in [0.15, 0.2) is 72.4 Å². The van der Waals surface area contributed by atoms with Crippen molar-refractivity contribution in [3.8, 4) is 0 Å². The molecule has 0 aliphatic carbocycles. The van der Waals surface area contributed by atoms with Crippen LogP contribution in [0.5, 0.6) is 0 Å². The van der Waals surface area contributed by atoms with E-state index < -0.39 is 0 Å². The number of rotatable bonds is 10. The van der Waals surface area contributed by atoms with E-state index in [-0.39, 0.29) is 5.97 Å². The van der Waals surface area contributed by atoms with Gasteiger partial charge in [0.1, 0.15) is 0 Å². The van der Waals surface area contributed by atoms with Crippen LogP contribution in [0, 0.1) is 0 Å². The fourth-order valence-corrected chi connectivity index (χ4v) is 1.78. The smallest absolute Gasteiger partial charge is 0.337 e. The van der Waals surface area contributed by atoms with Crippen molar-refractivity contribution in [2.24, 2.45) is 0 Å². The molecule has 0 unspecified atom stereocenters. The van der Waals surface area contributed by atoms with Gasteiger partial charge >= 0.3 is 5.97 Å². The van der Waals surface area contributed by atoms with Crippen molar-refractivity contribution in [3.63, 3.8) is 0 Å². The van der Waals surface area contributed by atoms with Gasteiger partial charge in [-0.1, -0.05) is 75.0 Å². The first-order valence-electron chi connectivity index (χ1n) is 7.67. The molecule has 0 N–H and O–H groups in total. The number of ether oxygens (including phenoxy) is 1. The van der Waals surface area contributed by atoms with E-state index in [1.54, 1.807) is 12.2 Å². The maximum absolute atomic E-state index is 11.7. The lowest BCUT2D eigenvalue weighted by molar-refractivity contribution is -0.135. The molecule has 2 nitrogen and oxygen atoms in total. The largest absolute Gasteiger partial charge is 0.465 e. The molecule has 0 heterocycles. The summed E-state index contributed by atoms with van der Waals surface area (Å²) in [6.45, 7) is 11.8. The summed E-state index contributed by atoms with van der Waals surface area (Å²) < 4.78 is 4.81. The molecule has 0 atom stereocenters. The maximum atomic E-state index is 11.7. The zero-order valence-electron chi connectivity index (χ0n) is 14.1. The average molecular weight is 300 g/mol. The molecule has 0 amide bonds. The highest BCUT2D eigenvalue weighted by molar-refractivity contribution is 5.91. The number of hydrogen-bond acceptors (Lipinski definition) is 2. The fraction of sp³-hybridized carbons (Fsp3) is 0.350. The van der Waals surface area contributed by atoms with E-state index in [1.165, 1.54) is 7.11 Å². The summed E-state index contributed by atoms with van der Waals surface area (Å²) in [7, 11) is 1.40. The van der Waals surface area contributed by atoms with E-state index in [1.807, 2.05) is 37.3 Å². The lowest BCUT2D eigenvalue weighted by atomic mass is 10.0. The molecule has 0 aliphatic heterocycles. The van der Waals surface area contributed by atoms with Crippen LogP contribution in [0.1, 0.15) is 39.5 Å². The summed E-state index contributed by atoms with van der Waals surface area (Å²) in [5.74, 6) is -0.307. The summed E-state index contributed by atoms with van der Waals surface area (Å²) >= 11 is 0. The molecule has 120 valence electrons. The van der Waals surface area contributed by atoms with Crippen LogP contribution in [-0.2, 0) is 9.53 Å². The minimum atomic E-state index is -0.307. The van der Waals surface area contributed by atoms with Crippen LogP contribution in [0.3, 0.4) is 0 Å². The Labute approximate surface area is 135 Å². The van der Waals surface area contributed by atoms with Crippen molar-refractivity contribution in [1.82, 2.24) is 0 Å². The van der Waals surface area contributed by atoms with Gasteiger partial charge in [0, 0.05) is 0 Å². The quantitative estimate of drug-likeness (QED) is 0.231. The third kappa shape index (κ3) is 8.96. The van der Waals surface area contributed by atoms with Gasteiger partial charge < -0.3 is 4.74 Å². The van der Waals surface area contributed by atoms with Gasteiger partial charge in [0.15, 0.2) is 0 Å². The predicted octanol–water partition coefficient (Wildman–Crippen LogP) is 5.47. The van der Waals surface area contributed by atoms with E-state index in [4.69, 9.17) is 4.74 Å². The number of carbonyl (C=O) groups is 1. The van der Waals surface area contributed by atoms with Crippen molar-refractivity contribution in [3.05, 3.63) is 72.4 Å². The van der Waals surface area contributed by atoms with Crippen molar-refractivity contribution in [2.75, 3.05) is 7.11 Å². The molecule has 2 heteroatoms. The summed E-state index contributed by atoms with van der Waals surface area (Å²) in [5.41, 5.74) is 2.68. The fourth-order valence-electron chi connectivity index (χ4n) is 1.78. The monoisotopic (exact) mass is 300 g/mol. The number of hydrogen-bond donors (Lipinski definition) is 0. The van der Waals surface area contributed by atoms with Crippen LogP contribution < -0.4 is 0 Å². The minimum absolute atomic E-state index is 0.307. The molecule has 0 radical (unpaired) electrons. The Morgan fingerprint density at radius 2 is 1.95 bits per heavy atom. The molecule has 0 aromatic heterocycles. The highest BCUT2D eigenvalue weighted by atomic mass is 16.5. The van der Waals surface area contributed by atoms with Gasteiger partial charge in [-0.15, -0.1) is 0 Å². The molecule has 0 saturated heterocycles. The molecule has 0 bridgehead atoms. The highest BCUT2D eigenvalue weighted by Gasteiger charge is 2.05. The van der Waals surface area contributed by atoms with Gasteiger partial charge in [-0.3, -0.25) is 0 Å². The Bertz CT molecular complexity index is 488. The van der Waals surface area contributed by atoms with E-state index in [0.717, 1.165) is 36.8 Å². The lowest BCUT2D eigenvalue weighted by Gasteiger charge is -2.03. The Kier molecular flexibility index (Phi) is 11.4. The number of carbonyl (C=O) groups excluding carboxylic acids is 1. The molecular formula is C20H28O2. The average Bonchev–Trinajstić information content (AvgIpc) is 2.53. The van der Waals surface area contributed by atoms with Crippen LogP contribution in [0.25, 0.3) is 0 Å². The zero-order valence-corrected chi connectivity index (χ0v) is 14.1. The van der Waals surface area contributed by atoms with Crippen molar-refractivity contribution < 1.29 is 9.53 Å². The van der Waals surface area contributed by atoms with Crippen LogP contribution in [0.2, 0.25) is 0 Å². The molecule has 22 heavy (non-hydrogen) atoms. The standard InChI is InChI=1S/C20H28O2/c1-6-9-11-13-19(20(21)22-5)15-14-17(4)16-18(8-3)12-10-7-2/h7-8,10,12-15H,2,4,6,9,11,16H2,1,3,5H3/b12-10-,15-14-,18-8+,19-13+. The van der Waals surface area contributed by atoms with E-state index in [9.17, 15) is 4.79 Å². The van der Waals surface area contributed by atoms with Crippen LogP contribution in [0.4, 0.5) is 0 Å². The second kappa shape index (κ2) is 12.6. The molecular weight excluding hydrogens is 272 g/mol. The summed E-state index contributed by atoms with van der Waals surface area (Å²) in [6, 6.07) is 0. The number of esters is 1. The zero-order chi connectivity index (χ0) is 16.8. The van der Waals surface area contributed by atoms with E-state index in [0.29, 0.717) is 5.57 Å². The van der Waals surface area contributed by atoms with Crippen molar-refractivity contribution in [1.29, 1.82) is 0 Å². The molecule has 0 aliphatic rings. The Morgan fingerprint density at radius 3 is 2.50 bits per heavy atom. The van der Waals surface area contributed by atoms with Gasteiger partial charge in [0.05, 0.1) is 12.7 Å². The SMILES string of the molecule is C=C/C=C\C(=C/C)CC(=C)/C=C\C(=C/CCCC)C(=O)OC. The highest BCUT2D eigenvalue weighted by Crippen LogP contribution is 2.14. The third-order valence-electron chi connectivity index (χ3n) is 3.09. The van der Waals surface area contributed by atoms with Gasteiger partial charge in [0.2, 0.25) is 0 Å². The van der Waals surface area contributed by atoms with Gasteiger partial charge in [-0.05, 0) is 31.4 Å². The first-order valence-corrected chi connectivity index (χ1v) is 7.67. The first-order chi connectivity index (χ1) is 10.6. The van der Waals surface area contributed by atoms with Crippen LogP contribution >= 0.6 is 0 Å². The van der Waals surface area contributed by atoms with Gasteiger partial charge in [-0.2, -0.15) is 0 Å². The number of methoxy groups -OCH3 is 1. The van der Waals surface area contributed by atoms with Crippen LogP contribution in [-0.4, -0.2) is 13.1 Å². The number of allylic oxidation sites excluding steroid dienone is 8. The first kappa shape index (κ1) is 19.9. The summed E-state index contributed by atoms with van der Waals surface area (Å²) in [6.07, 6.45) is 17.0. The Hall–Kier alpha value is -2.09. The van der Waals surface area contributed by atoms with E-state index >= 15 is 0 Å². The Morgan fingerprint density at radius 1 is 1.23 bits per heavy atom. The molecule has 0 aromatic carbocycles. The lowest BCUT2D eigenvalue weighted by Crippen LogP contribution is -2.02. The Balaban J connectivity index is 4.83. The summed E-state index contributed by atoms with van der Waals surface area (Å²) in [5, 5.41) is 0. The van der Waals surface area contributed by atoms with E-state index in [2.05, 4.69) is 20.1 Å². The molecule has 0 rings (SSSR count). The predicted molar refractivity (Wildman–Crippen MR) is 95.6 cm³/mol.